The Kier molecular flexibility index (Phi) is 4.52. The van der Waals surface area contributed by atoms with E-state index in [0.717, 1.165) is 10.0 Å². The van der Waals surface area contributed by atoms with Crippen molar-refractivity contribution >= 4 is 28.1 Å². The maximum atomic E-state index is 13.7. The summed E-state index contributed by atoms with van der Waals surface area (Å²) in [5.74, 6) is -0.300. The average Bonchev–Trinajstić information content (AvgIpc) is 2.81. The lowest BCUT2D eigenvalue weighted by Crippen LogP contribution is -2.06. The van der Waals surface area contributed by atoms with E-state index in [9.17, 15) is 4.39 Å². The zero-order chi connectivity index (χ0) is 13.0. The number of nitrogens with zero attached hydrogens (tertiary/aromatic N) is 1. The first-order chi connectivity index (χ1) is 8.70. The van der Waals surface area contributed by atoms with Gasteiger partial charge in [-0.15, -0.1) is 0 Å². The molecule has 0 saturated heterocycles. The normalized spacial score (nSPS) is 10.6. The standard InChI is InChI=1S/C12H12ClFN2OS/c1-17-5-4-15-12-16-7-11(18-12)9-6-8(13)2-3-10(9)14/h2-3,6-7H,4-5H2,1H3,(H,15,16). The number of aromatic nitrogens is 1. The number of hydrogen-bond donors (Lipinski definition) is 1. The Hall–Kier alpha value is -1.17. The monoisotopic (exact) mass is 286 g/mol. The molecule has 1 N–H and O–H groups in total. The Labute approximate surface area is 114 Å². The Morgan fingerprint density at radius 2 is 2.33 bits per heavy atom. The fraction of sp³-hybridized carbons (Fsp3) is 0.250. The highest BCUT2D eigenvalue weighted by molar-refractivity contribution is 7.18. The van der Waals surface area contributed by atoms with Gasteiger partial charge in [-0.25, -0.2) is 9.37 Å². The number of methoxy groups -OCH3 is 1. The number of anilines is 1. The molecule has 0 aliphatic rings. The molecule has 1 aromatic heterocycles. The van der Waals surface area contributed by atoms with Crippen molar-refractivity contribution < 1.29 is 9.13 Å². The first-order valence-electron chi connectivity index (χ1n) is 5.35. The zero-order valence-electron chi connectivity index (χ0n) is 9.74. The molecule has 2 aromatic rings. The number of hydrogen-bond acceptors (Lipinski definition) is 4. The molecular weight excluding hydrogens is 275 g/mol. The van der Waals surface area contributed by atoms with E-state index in [2.05, 4.69) is 10.3 Å². The van der Waals surface area contributed by atoms with Crippen LogP contribution in [-0.4, -0.2) is 25.2 Å². The fourth-order valence-corrected chi connectivity index (χ4v) is 2.46. The smallest absolute Gasteiger partial charge is 0.183 e. The van der Waals surface area contributed by atoms with Crippen molar-refractivity contribution in [2.24, 2.45) is 0 Å². The lowest BCUT2D eigenvalue weighted by molar-refractivity contribution is 0.211. The number of halogens is 2. The highest BCUT2D eigenvalue weighted by Gasteiger charge is 2.09. The van der Waals surface area contributed by atoms with Crippen LogP contribution in [0.2, 0.25) is 5.02 Å². The van der Waals surface area contributed by atoms with Gasteiger partial charge in [0.1, 0.15) is 5.82 Å². The Morgan fingerprint density at radius 3 is 3.11 bits per heavy atom. The quantitative estimate of drug-likeness (QED) is 0.852. The van der Waals surface area contributed by atoms with E-state index in [0.29, 0.717) is 23.7 Å². The van der Waals surface area contributed by atoms with Crippen LogP contribution in [0, 0.1) is 5.82 Å². The minimum atomic E-state index is -0.300. The Balaban J connectivity index is 2.16. The number of rotatable bonds is 5. The predicted molar refractivity (Wildman–Crippen MR) is 72.9 cm³/mol. The Morgan fingerprint density at radius 1 is 1.50 bits per heavy atom. The predicted octanol–water partition coefficient (Wildman–Crippen LogP) is 3.66. The molecule has 0 aliphatic heterocycles. The van der Waals surface area contributed by atoms with Crippen LogP contribution in [0.25, 0.3) is 10.4 Å². The molecule has 0 fully saturated rings. The summed E-state index contributed by atoms with van der Waals surface area (Å²) in [4.78, 5) is 4.92. The maximum absolute atomic E-state index is 13.7. The molecule has 3 nitrogen and oxygen atoms in total. The molecule has 0 spiro atoms. The van der Waals surface area contributed by atoms with E-state index in [-0.39, 0.29) is 5.82 Å². The van der Waals surface area contributed by atoms with Gasteiger partial charge < -0.3 is 10.1 Å². The molecule has 18 heavy (non-hydrogen) atoms. The summed E-state index contributed by atoms with van der Waals surface area (Å²) >= 11 is 7.24. The van der Waals surface area contributed by atoms with Crippen LogP contribution >= 0.6 is 22.9 Å². The largest absolute Gasteiger partial charge is 0.383 e. The van der Waals surface area contributed by atoms with Crippen LogP contribution in [0.4, 0.5) is 9.52 Å². The Bertz CT molecular complexity index is 533. The molecule has 0 radical (unpaired) electrons. The van der Waals surface area contributed by atoms with E-state index in [1.54, 1.807) is 19.4 Å². The van der Waals surface area contributed by atoms with Crippen molar-refractivity contribution in [1.82, 2.24) is 4.98 Å². The van der Waals surface area contributed by atoms with Crippen LogP contribution in [0.15, 0.2) is 24.4 Å². The van der Waals surface area contributed by atoms with Gasteiger partial charge in [0.15, 0.2) is 5.13 Å². The summed E-state index contributed by atoms with van der Waals surface area (Å²) in [6.45, 7) is 1.27. The third-order valence-corrected chi connectivity index (χ3v) is 3.51. The second-order valence-corrected chi connectivity index (χ2v) is 5.04. The van der Waals surface area contributed by atoms with Crippen LogP contribution in [0.3, 0.4) is 0 Å². The van der Waals surface area contributed by atoms with E-state index in [1.165, 1.54) is 23.5 Å². The average molecular weight is 287 g/mol. The summed E-state index contributed by atoms with van der Waals surface area (Å²) < 4.78 is 18.6. The van der Waals surface area contributed by atoms with Gasteiger partial charge in [0.25, 0.3) is 0 Å². The third kappa shape index (κ3) is 3.19. The van der Waals surface area contributed by atoms with Crippen molar-refractivity contribution in [1.29, 1.82) is 0 Å². The molecule has 1 aromatic carbocycles. The summed E-state index contributed by atoms with van der Waals surface area (Å²) in [6.07, 6.45) is 1.63. The molecule has 2 rings (SSSR count). The summed E-state index contributed by atoms with van der Waals surface area (Å²) in [5, 5.41) is 4.34. The van der Waals surface area contributed by atoms with Crippen molar-refractivity contribution in [2.75, 3.05) is 25.6 Å². The van der Waals surface area contributed by atoms with Gasteiger partial charge in [-0.3, -0.25) is 0 Å². The molecule has 0 saturated carbocycles. The number of nitrogens with one attached hydrogen (secondary N) is 1. The molecule has 6 heteroatoms. The summed E-state index contributed by atoms with van der Waals surface area (Å²) in [7, 11) is 1.64. The van der Waals surface area contributed by atoms with Crippen LogP contribution < -0.4 is 5.32 Å². The van der Waals surface area contributed by atoms with Gasteiger partial charge in [0, 0.05) is 30.4 Å². The summed E-state index contributed by atoms with van der Waals surface area (Å²) in [5.41, 5.74) is 0.472. The van der Waals surface area contributed by atoms with Crippen LogP contribution in [0.5, 0.6) is 0 Å². The second-order valence-electron chi connectivity index (χ2n) is 3.57. The highest BCUT2D eigenvalue weighted by Crippen LogP contribution is 2.32. The zero-order valence-corrected chi connectivity index (χ0v) is 11.3. The topological polar surface area (TPSA) is 34.1 Å². The van der Waals surface area contributed by atoms with E-state index < -0.39 is 0 Å². The number of thiazole rings is 1. The van der Waals surface area contributed by atoms with Gasteiger partial charge in [-0.05, 0) is 18.2 Å². The first-order valence-corrected chi connectivity index (χ1v) is 6.54. The molecule has 0 unspecified atom stereocenters. The van der Waals surface area contributed by atoms with Crippen molar-refractivity contribution in [3.63, 3.8) is 0 Å². The van der Waals surface area contributed by atoms with Crippen LogP contribution in [0.1, 0.15) is 0 Å². The van der Waals surface area contributed by atoms with Crippen LogP contribution in [-0.2, 0) is 4.74 Å². The van der Waals surface area contributed by atoms with Gasteiger partial charge in [-0.1, -0.05) is 22.9 Å². The van der Waals surface area contributed by atoms with Crippen molar-refractivity contribution in [3.05, 3.63) is 35.2 Å². The minimum Gasteiger partial charge on any atom is -0.383 e. The fourth-order valence-electron chi connectivity index (χ4n) is 1.43. The number of ether oxygens (including phenoxy) is 1. The van der Waals surface area contributed by atoms with E-state index in [1.807, 2.05) is 0 Å². The van der Waals surface area contributed by atoms with E-state index >= 15 is 0 Å². The molecule has 0 bridgehead atoms. The van der Waals surface area contributed by atoms with Gasteiger partial charge in [0.2, 0.25) is 0 Å². The van der Waals surface area contributed by atoms with E-state index in [4.69, 9.17) is 16.3 Å². The minimum absolute atomic E-state index is 0.300. The molecule has 0 amide bonds. The SMILES string of the molecule is COCCNc1ncc(-c2cc(Cl)ccc2F)s1. The van der Waals surface area contributed by atoms with Crippen molar-refractivity contribution in [3.8, 4) is 10.4 Å². The molecule has 0 aliphatic carbocycles. The maximum Gasteiger partial charge on any atom is 0.183 e. The molecule has 1 heterocycles. The lowest BCUT2D eigenvalue weighted by Gasteiger charge is -2.01. The summed E-state index contributed by atoms with van der Waals surface area (Å²) in [6, 6.07) is 4.48. The van der Waals surface area contributed by atoms with Crippen molar-refractivity contribution in [2.45, 2.75) is 0 Å². The van der Waals surface area contributed by atoms with Gasteiger partial charge >= 0.3 is 0 Å². The first kappa shape index (κ1) is 13.3. The molecule has 96 valence electrons. The molecule has 0 atom stereocenters. The van der Waals surface area contributed by atoms with Gasteiger partial charge in [-0.2, -0.15) is 0 Å². The lowest BCUT2D eigenvalue weighted by atomic mass is 10.2. The third-order valence-electron chi connectivity index (χ3n) is 2.28. The number of benzene rings is 1. The molecular formula is C12H12ClFN2OS. The highest BCUT2D eigenvalue weighted by atomic mass is 35.5. The second kappa shape index (κ2) is 6.13. The van der Waals surface area contributed by atoms with Gasteiger partial charge in [0.05, 0.1) is 11.5 Å².